The summed E-state index contributed by atoms with van der Waals surface area (Å²) >= 11 is 8.22. The number of nitrogens with two attached hydrogens (primary N) is 1. The number of nitrogens with zero attached hydrogens (tertiary/aromatic N) is 5. The molecule has 9 heteroatoms. The van der Waals surface area contributed by atoms with Gasteiger partial charge in [0.1, 0.15) is 5.82 Å². The summed E-state index contributed by atoms with van der Waals surface area (Å²) in [5.41, 5.74) is 8.86. The van der Waals surface area contributed by atoms with Gasteiger partial charge in [0.05, 0.1) is 32.6 Å². The minimum Gasteiger partial charge on any atom is -0.368 e. The molecule has 0 aliphatic heterocycles. The predicted octanol–water partition coefficient (Wildman–Crippen LogP) is 3.76. The fourth-order valence-corrected chi connectivity index (χ4v) is 3.56. The summed E-state index contributed by atoms with van der Waals surface area (Å²) in [5.74, 6) is 0.219. The number of hydrogen-bond donors (Lipinski definition) is 1. The van der Waals surface area contributed by atoms with Gasteiger partial charge in [-0.15, -0.1) is 5.10 Å². The highest BCUT2D eigenvalue weighted by Gasteiger charge is 2.17. The molecule has 0 spiro atoms. The normalized spacial score (nSPS) is 11.2. The summed E-state index contributed by atoms with van der Waals surface area (Å²) < 4.78 is 15.5. The van der Waals surface area contributed by atoms with Crippen molar-refractivity contribution in [3.05, 3.63) is 68.5 Å². The monoisotopic (exact) mass is 480 g/mol. The molecule has 6 nitrogen and oxygen atoms in total. The number of pyridine rings is 1. The maximum Gasteiger partial charge on any atom is 0.223 e. The average Bonchev–Trinajstić information content (AvgIpc) is 3.06. The number of rotatable bonds is 3. The van der Waals surface area contributed by atoms with Gasteiger partial charge < -0.3 is 5.73 Å². The summed E-state index contributed by atoms with van der Waals surface area (Å²) in [6, 6.07) is 10.9. The van der Waals surface area contributed by atoms with Gasteiger partial charge in [-0.05, 0) is 28.7 Å². The molecule has 0 unspecified atom stereocenters. The molecular weight excluding hydrogens is 470 g/mol. The molecule has 3 heterocycles. The first-order chi connectivity index (χ1) is 12.5. The van der Waals surface area contributed by atoms with E-state index in [0.29, 0.717) is 17.2 Å². The van der Waals surface area contributed by atoms with Crippen molar-refractivity contribution in [2.24, 2.45) is 0 Å². The molecule has 1 aromatic carbocycles. The van der Waals surface area contributed by atoms with Crippen LogP contribution >= 0.6 is 34.2 Å². The molecule has 4 rings (SSSR count). The van der Waals surface area contributed by atoms with Crippen molar-refractivity contribution in [3.8, 4) is 11.3 Å². The second-order valence-corrected chi connectivity index (χ2v) is 7.01. The highest BCUT2D eigenvalue weighted by Crippen LogP contribution is 2.27. The Morgan fingerprint density at radius 3 is 2.69 bits per heavy atom. The quantitative estimate of drug-likeness (QED) is 0.452. The van der Waals surface area contributed by atoms with Gasteiger partial charge in [0.25, 0.3) is 0 Å². The summed E-state index contributed by atoms with van der Waals surface area (Å²) in [4.78, 5) is 13.0. The number of halogens is 3. The lowest BCUT2D eigenvalue weighted by Gasteiger charge is -2.06. The zero-order valence-electron chi connectivity index (χ0n) is 13.2. The van der Waals surface area contributed by atoms with E-state index >= 15 is 0 Å². The number of benzene rings is 1. The van der Waals surface area contributed by atoms with Gasteiger partial charge in [-0.1, -0.05) is 41.9 Å². The van der Waals surface area contributed by atoms with Crippen LogP contribution in [0.4, 0.5) is 10.3 Å². The largest absolute Gasteiger partial charge is 0.368 e. The maximum absolute atomic E-state index is 13.2. The second-order valence-electron chi connectivity index (χ2n) is 5.52. The molecule has 0 aliphatic carbocycles. The van der Waals surface area contributed by atoms with Crippen LogP contribution in [0, 0.1) is 9.39 Å². The Kier molecular flexibility index (Phi) is 4.45. The number of anilines is 1. The highest BCUT2D eigenvalue weighted by molar-refractivity contribution is 14.1. The number of aromatic nitrogens is 5. The van der Waals surface area contributed by atoms with E-state index in [2.05, 4.69) is 42.6 Å². The van der Waals surface area contributed by atoms with Crippen LogP contribution < -0.4 is 5.73 Å². The topological polar surface area (TPSA) is 82.0 Å². The first kappa shape index (κ1) is 17.1. The van der Waals surface area contributed by atoms with Crippen LogP contribution in [0.3, 0.4) is 0 Å². The maximum atomic E-state index is 13.2. The van der Waals surface area contributed by atoms with Gasteiger partial charge >= 0.3 is 0 Å². The lowest BCUT2D eigenvalue weighted by Crippen LogP contribution is -2.05. The van der Waals surface area contributed by atoms with Gasteiger partial charge in [0.2, 0.25) is 5.95 Å². The third kappa shape index (κ3) is 3.10. The molecule has 0 fully saturated rings. The Bertz CT molecular complexity index is 1120. The minimum absolute atomic E-state index is 0.231. The predicted molar refractivity (Wildman–Crippen MR) is 105 cm³/mol. The number of hydrogen-bond acceptors (Lipinski definition) is 5. The van der Waals surface area contributed by atoms with Gasteiger partial charge in [-0.3, -0.25) is 4.98 Å². The minimum atomic E-state index is -0.489. The molecule has 0 amide bonds. The van der Waals surface area contributed by atoms with Crippen LogP contribution in [-0.4, -0.2) is 24.6 Å². The Balaban J connectivity index is 1.80. The molecule has 0 saturated heterocycles. The van der Waals surface area contributed by atoms with Crippen LogP contribution in [-0.2, 0) is 6.42 Å². The van der Waals surface area contributed by atoms with E-state index in [0.717, 1.165) is 21.0 Å². The van der Waals surface area contributed by atoms with Crippen molar-refractivity contribution >= 4 is 45.8 Å². The molecule has 4 aromatic rings. The van der Waals surface area contributed by atoms with E-state index in [-0.39, 0.29) is 17.4 Å². The SMILES string of the molecule is Nc1nc(-c2ccccc2)c(I)c2nc(Cc3ncc(F)cc3Cl)nn12. The third-order valence-corrected chi connectivity index (χ3v) is 5.08. The zero-order valence-corrected chi connectivity index (χ0v) is 16.1. The number of nitrogen functional groups attached to an aromatic ring is 1. The fraction of sp³-hybridized carbons (Fsp3) is 0.0588. The van der Waals surface area contributed by atoms with Crippen LogP contribution in [0.15, 0.2) is 42.6 Å². The van der Waals surface area contributed by atoms with Gasteiger partial charge in [0.15, 0.2) is 11.5 Å². The Morgan fingerprint density at radius 1 is 1.19 bits per heavy atom. The van der Waals surface area contributed by atoms with Crippen molar-refractivity contribution < 1.29 is 4.39 Å². The highest BCUT2D eigenvalue weighted by atomic mass is 127. The lowest BCUT2D eigenvalue weighted by molar-refractivity contribution is 0.619. The molecule has 0 radical (unpaired) electrons. The van der Waals surface area contributed by atoms with Crippen LogP contribution in [0.1, 0.15) is 11.5 Å². The first-order valence-corrected chi connectivity index (χ1v) is 9.04. The Morgan fingerprint density at radius 2 is 1.96 bits per heavy atom. The summed E-state index contributed by atoms with van der Waals surface area (Å²) in [7, 11) is 0. The summed E-state index contributed by atoms with van der Waals surface area (Å²) in [6.45, 7) is 0. The molecule has 3 aromatic heterocycles. The molecule has 2 N–H and O–H groups in total. The lowest BCUT2D eigenvalue weighted by atomic mass is 10.1. The van der Waals surface area contributed by atoms with E-state index < -0.39 is 5.82 Å². The molecule has 0 aliphatic rings. The summed E-state index contributed by atoms with van der Waals surface area (Å²) in [6.07, 6.45) is 1.38. The van der Waals surface area contributed by atoms with Crippen molar-refractivity contribution in [1.29, 1.82) is 0 Å². The third-order valence-electron chi connectivity index (χ3n) is 3.76. The molecular formula is C17H11ClFIN6. The van der Waals surface area contributed by atoms with Crippen LogP contribution in [0.25, 0.3) is 16.9 Å². The zero-order chi connectivity index (χ0) is 18.3. The summed E-state index contributed by atoms with van der Waals surface area (Å²) in [5, 5.41) is 4.62. The van der Waals surface area contributed by atoms with E-state index in [9.17, 15) is 4.39 Å². The van der Waals surface area contributed by atoms with Crippen molar-refractivity contribution in [1.82, 2.24) is 24.6 Å². The van der Waals surface area contributed by atoms with Crippen LogP contribution in [0.2, 0.25) is 5.02 Å². The Labute approximate surface area is 166 Å². The fourth-order valence-electron chi connectivity index (χ4n) is 2.56. The van der Waals surface area contributed by atoms with Gasteiger partial charge in [-0.2, -0.15) is 4.52 Å². The molecule has 0 atom stereocenters. The van der Waals surface area contributed by atoms with Crippen molar-refractivity contribution in [2.45, 2.75) is 6.42 Å². The molecule has 0 saturated carbocycles. The smallest absolute Gasteiger partial charge is 0.223 e. The standard InChI is InChI=1S/C17H11ClFIN6/c18-11-6-10(19)8-22-12(11)7-13-23-16-14(20)15(9-4-2-1-3-5-9)24-17(21)26(16)25-13/h1-6,8H,7H2,(H2,21,24). The second kappa shape index (κ2) is 6.76. The van der Waals surface area contributed by atoms with E-state index in [1.54, 1.807) is 0 Å². The van der Waals surface area contributed by atoms with E-state index in [4.69, 9.17) is 17.3 Å². The first-order valence-electron chi connectivity index (χ1n) is 7.59. The van der Waals surface area contributed by atoms with E-state index in [1.165, 1.54) is 10.6 Å². The van der Waals surface area contributed by atoms with Crippen molar-refractivity contribution in [3.63, 3.8) is 0 Å². The van der Waals surface area contributed by atoms with Crippen LogP contribution in [0.5, 0.6) is 0 Å². The van der Waals surface area contributed by atoms with Gasteiger partial charge in [0, 0.05) is 5.56 Å². The van der Waals surface area contributed by atoms with E-state index in [1.807, 2.05) is 30.3 Å². The van der Waals surface area contributed by atoms with Crippen molar-refractivity contribution in [2.75, 3.05) is 5.73 Å². The number of fused-ring (bicyclic) bond motifs is 1. The average molecular weight is 481 g/mol. The molecule has 26 heavy (non-hydrogen) atoms. The van der Waals surface area contributed by atoms with Gasteiger partial charge in [-0.25, -0.2) is 14.4 Å². The molecule has 0 bridgehead atoms. The molecule has 130 valence electrons. The Hall–Kier alpha value is -2.33.